The highest BCUT2D eigenvalue weighted by molar-refractivity contribution is 5.91. The van der Waals surface area contributed by atoms with Crippen LogP contribution in [0.25, 0.3) is 0 Å². The standard InChI is InChI=1S/C30H25N5O9/c31-23(17-36)25(43-29(39)21-7-3-11-34-15-21)26(44-30(40)22-8-4-12-35-16-22)24(42-28(38)20-6-2-10-33-14-20)18-41-27(37)19-5-1-9-32-13-19/h1-17,23-26H,18,31H2/t23-,24+,25+,26+/m0/s1. The van der Waals surface area contributed by atoms with Crippen LogP contribution in [-0.4, -0.2) is 81.1 Å². The maximum Gasteiger partial charge on any atom is 0.340 e. The van der Waals surface area contributed by atoms with Crippen LogP contribution < -0.4 is 5.73 Å². The van der Waals surface area contributed by atoms with Crippen LogP contribution in [0.1, 0.15) is 41.4 Å². The Hall–Kier alpha value is -5.89. The number of nitrogens with zero attached hydrogens (tertiary/aromatic N) is 4. The van der Waals surface area contributed by atoms with Crippen molar-refractivity contribution in [3.8, 4) is 0 Å². The molecule has 0 saturated carbocycles. The van der Waals surface area contributed by atoms with E-state index in [1.165, 1.54) is 98.1 Å². The van der Waals surface area contributed by atoms with Crippen LogP contribution in [0.5, 0.6) is 0 Å². The molecule has 4 rings (SSSR count). The van der Waals surface area contributed by atoms with Crippen LogP contribution >= 0.6 is 0 Å². The summed E-state index contributed by atoms with van der Waals surface area (Å²) < 4.78 is 22.3. The number of pyridine rings is 4. The van der Waals surface area contributed by atoms with Gasteiger partial charge in [-0.1, -0.05) is 0 Å². The second-order valence-corrected chi connectivity index (χ2v) is 8.96. The molecule has 14 heteroatoms. The number of carbonyl (C=O) groups is 5. The SMILES string of the molecule is N[C@@H](C=O)[C@@H](OC(=O)c1cccnc1)[C@H](OC(=O)c1cccnc1)[C@@H](COC(=O)c1cccnc1)OC(=O)c1cccnc1. The molecule has 0 saturated heterocycles. The number of hydrogen-bond donors (Lipinski definition) is 1. The molecule has 0 radical (unpaired) electrons. The van der Waals surface area contributed by atoms with Crippen LogP contribution in [0.4, 0.5) is 0 Å². The van der Waals surface area contributed by atoms with Crippen molar-refractivity contribution < 1.29 is 42.9 Å². The molecule has 0 aliphatic rings. The minimum Gasteiger partial charge on any atom is -0.458 e. The highest BCUT2D eigenvalue weighted by Crippen LogP contribution is 2.21. The highest BCUT2D eigenvalue weighted by Gasteiger charge is 2.43. The lowest BCUT2D eigenvalue weighted by Gasteiger charge is -2.33. The molecule has 44 heavy (non-hydrogen) atoms. The van der Waals surface area contributed by atoms with Crippen LogP contribution in [-0.2, 0) is 23.7 Å². The van der Waals surface area contributed by atoms with Gasteiger partial charge in [0, 0.05) is 49.6 Å². The van der Waals surface area contributed by atoms with E-state index in [-0.39, 0.29) is 28.5 Å². The summed E-state index contributed by atoms with van der Waals surface area (Å²) in [6.07, 6.45) is 5.66. The van der Waals surface area contributed by atoms with Crippen molar-refractivity contribution in [2.75, 3.05) is 6.61 Å². The first kappa shape index (κ1) is 31.1. The second kappa shape index (κ2) is 15.4. The fourth-order valence-electron chi connectivity index (χ4n) is 3.76. The van der Waals surface area contributed by atoms with E-state index >= 15 is 0 Å². The summed E-state index contributed by atoms with van der Waals surface area (Å²) in [5.74, 6) is -3.79. The highest BCUT2D eigenvalue weighted by atomic mass is 16.6. The molecule has 0 aliphatic heterocycles. The summed E-state index contributed by atoms with van der Waals surface area (Å²) in [6, 6.07) is 9.96. The van der Waals surface area contributed by atoms with Crippen LogP contribution in [0.3, 0.4) is 0 Å². The number of hydrogen-bond acceptors (Lipinski definition) is 14. The van der Waals surface area contributed by atoms with E-state index in [0.29, 0.717) is 0 Å². The molecule has 2 N–H and O–H groups in total. The van der Waals surface area contributed by atoms with E-state index in [1.54, 1.807) is 0 Å². The van der Waals surface area contributed by atoms with E-state index in [0.717, 1.165) is 0 Å². The molecule has 0 spiro atoms. The molecule has 4 aromatic heterocycles. The summed E-state index contributed by atoms with van der Waals surface area (Å²) in [5.41, 5.74) is 6.08. The summed E-state index contributed by atoms with van der Waals surface area (Å²) in [7, 11) is 0. The average molecular weight is 600 g/mol. The number of carbonyl (C=O) groups excluding carboxylic acids is 5. The van der Waals surface area contributed by atoms with Crippen molar-refractivity contribution in [3.05, 3.63) is 120 Å². The molecule has 0 unspecified atom stereocenters. The van der Waals surface area contributed by atoms with Gasteiger partial charge in [0.2, 0.25) is 0 Å². The number of aldehydes is 1. The van der Waals surface area contributed by atoms with Gasteiger partial charge in [0.05, 0.1) is 22.3 Å². The molecule has 0 bridgehead atoms. The molecular formula is C30H25N5O9. The van der Waals surface area contributed by atoms with E-state index < -0.39 is 54.8 Å². The Morgan fingerprint density at radius 3 is 1.39 bits per heavy atom. The second-order valence-electron chi connectivity index (χ2n) is 8.96. The summed E-state index contributed by atoms with van der Waals surface area (Å²) in [5, 5.41) is 0. The van der Waals surface area contributed by atoms with Crippen LogP contribution in [0, 0.1) is 0 Å². The Labute approximate surface area is 250 Å². The maximum absolute atomic E-state index is 13.2. The molecule has 224 valence electrons. The zero-order chi connectivity index (χ0) is 31.3. The molecule has 0 fully saturated rings. The Morgan fingerprint density at radius 2 is 1.00 bits per heavy atom. The summed E-state index contributed by atoms with van der Waals surface area (Å²) >= 11 is 0. The Kier molecular flexibility index (Phi) is 10.8. The Bertz CT molecular complexity index is 1560. The third kappa shape index (κ3) is 8.33. The van der Waals surface area contributed by atoms with Crippen molar-refractivity contribution in [2.24, 2.45) is 5.73 Å². The van der Waals surface area contributed by atoms with Gasteiger partial charge in [0.25, 0.3) is 0 Å². The van der Waals surface area contributed by atoms with Crippen molar-refractivity contribution in [1.29, 1.82) is 0 Å². The number of esters is 4. The van der Waals surface area contributed by atoms with E-state index in [9.17, 15) is 24.0 Å². The Balaban J connectivity index is 1.73. The number of nitrogens with two attached hydrogens (primary N) is 1. The van der Waals surface area contributed by atoms with Gasteiger partial charge < -0.3 is 29.5 Å². The van der Waals surface area contributed by atoms with Gasteiger partial charge >= 0.3 is 23.9 Å². The van der Waals surface area contributed by atoms with Gasteiger partial charge in [0.15, 0.2) is 18.3 Å². The normalized spacial score (nSPS) is 13.3. The largest absolute Gasteiger partial charge is 0.458 e. The van der Waals surface area contributed by atoms with E-state index in [1.807, 2.05) is 0 Å². The van der Waals surface area contributed by atoms with Gasteiger partial charge in [0.1, 0.15) is 18.9 Å². The van der Waals surface area contributed by atoms with Gasteiger partial charge in [-0.3, -0.25) is 19.9 Å². The maximum atomic E-state index is 13.2. The van der Waals surface area contributed by atoms with Crippen molar-refractivity contribution in [2.45, 2.75) is 24.4 Å². The fraction of sp³-hybridized carbons (Fsp3) is 0.167. The van der Waals surface area contributed by atoms with Crippen LogP contribution in [0.2, 0.25) is 0 Å². The minimum atomic E-state index is -1.79. The first-order valence-corrected chi connectivity index (χ1v) is 13.0. The molecule has 0 amide bonds. The van der Waals surface area contributed by atoms with Crippen molar-refractivity contribution in [3.63, 3.8) is 0 Å². The molecule has 4 atom stereocenters. The third-order valence-electron chi connectivity index (χ3n) is 5.94. The molecule has 0 aromatic carbocycles. The third-order valence-corrected chi connectivity index (χ3v) is 5.94. The first-order valence-electron chi connectivity index (χ1n) is 13.0. The van der Waals surface area contributed by atoms with Gasteiger partial charge in [-0.15, -0.1) is 0 Å². The van der Waals surface area contributed by atoms with Crippen molar-refractivity contribution in [1.82, 2.24) is 19.9 Å². The van der Waals surface area contributed by atoms with E-state index in [2.05, 4.69) is 19.9 Å². The van der Waals surface area contributed by atoms with Crippen molar-refractivity contribution >= 4 is 30.2 Å². The number of aromatic nitrogens is 4. The molecule has 0 aliphatic carbocycles. The molecule has 14 nitrogen and oxygen atoms in total. The molecule has 4 heterocycles. The lowest BCUT2D eigenvalue weighted by molar-refractivity contribution is -0.122. The smallest absolute Gasteiger partial charge is 0.340 e. The van der Waals surface area contributed by atoms with Gasteiger partial charge in [-0.2, -0.15) is 0 Å². The predicted octanol–water partition coefficient (Wildman–Crippen LogP) is 1.63. The first-order chi connectivity index (χ1) is 21.4. The summed E-state index contributed by atoms with van der Waals surface area (Å²) in [6.45, 7) is -0.725. The quantitative estimate of drug-likeness (QED) is 0.132. The lowest BCUT2D eigenvalue weighted by atomic mass is 10.0. The topological polar surface area (TPSA) is 200 Å². The summed E-state index contributed by atoms with van der Waals surface area (Å²) in [4.78, 5) is 79.7. The van der Waals surface area contributed by atoms with E-state index in [4.69, 9.17) is 24.7 Å². The Morgan fingerprint density at radius 1 is 0.614 bits per heavy atom. The predicted molar refractivity (Wildman–Crippen MR) is 149 cm³/mol. The van der Waals surface area contributed by atoms with Gasteiger partial charge in [-0.25, -0.2) is 19.2 Å². The monoisotopic (exact) mass is 599 g/mol. The zero-order valence-corrected chi connectivity index (χ0v) is 22.9. The molecular weight excluding hydrogens is 574 g/mol. The lowest BCUT2D eigenvalue weighted by Crippen LogP contribution is -2.55. The van der Waals surface area contributed by atoms with Gasteiger partial charge in [-0.05, 0) is 48.5 Å². The average Bonchev–Trinajstić information content (AvgIpc) is 3.09. The number of rotatable bonds is 13. The zero-order valence-electron chi connectivity index (χ0n) is 22.9. The van der Waals surface area contributed by atoms with Crippen LogP contribution in [0.15, 0.2) is 98.1 Å². The fourth-order valence-corrected chi connectivity index (χ4v) is 3.76. The minimum absolute atomic E-state index is 0.00277. The molecule has 4 aromatic rings. The number of ether oxygens (including phenoxy) is 4.